The molecule has 0 radical (unpaired) electrons. The molecule has 1 unspecified atom stereocenters. The van der Waals surface area contributed by atoms with E-state index in [9.17, 15) is 4.39 Å². The van der Waals surface area contributed by atoms with Crippen LogP contribution in [0.4, 0.5) is 4.39 Å². The number of pyridine rings is 1. The van der Waals surface area contributed by atoms with Crippen molar-refractivity contribution in [3.8, 4) is 0 Å². The highest BCUT2D eigenvalue weighted by molar-refractivity contribution is 9.10. The number of benzene rings is 2. The number of nitrogens with two attached hydrogens (primary N) is 1. The van der Waals surface area contributed by atoms with E-state index in [0.29, 0.717) is 12.0 Å². The fourth-order valence-electron chi connectivity index (χ4n) is 2.36. The Labute approximate surface area is 130 Å². The fraction of sp³-hybridized carbons (Fsp3) is 0.118. The van der Waals surface area contributed by atoms with Crippen LogP contribution in [0.2, 0.25) is 0 Å². The summed E-state index contributed by atoms with van der Waals surface area (Å²) in [6.45, 7) is 0. The number of hydrogen-bond donors (Lipinski definition) is 1. The maximum atomic E-state index is 13.9. The van der Waals surface area contributed by atoms with Gasteiger partial charge in [-0.25, -0.2) is 4.39 Å². The zero-order valence-electron chi connectivity index (χ0n) is 11.3. The van der Waals surface area contributed by atoms with Crippen LogP contribution >= 0.6 is 15.9 Å². The Hall–Kier alpha value is -1.78. The van der Waals surface area contributed by atoms with Gasteiger partial charge in [0.25, 0.3) is 0 Å². The first-order valence-corrected chi connectivity index (χ1v) is 7.48. The van der Waals surface area contributed by atoms with Gasteiger partial charge < -0.3 is 5.73 Å². The van der Waals surface area contributed by atoms with E-state index in [2.05, 4.69) is 20.9 Å². The van der Waals surface area contributed by atoms with Crippen molar-refractivity contribution in [2.24, 2.45) is 5.73 Å². The molecule has 106 valence electrons. The molecule has 0 spiro atoms. The first-order chi connectivity index (χ1) is 10.1. The molecule has 0 saturated heterocycles. The predicted molar refractivity (Wildman–Crippen MR) is 86.5 cm³/mol. The SMILES string of the molecule is NC(Cc1ccc2ccccc2n1)c1cc(Br)ccc1F. The van der Waals surface area contributed by atoms with Gasteiger partial charge in [-0.1, -0.05) is 40.2 Å². The van der Waals surface area contributed by atoms with Crippen LogP contribution in [0.1, 0.15) is 17.3 Å². The quantitative estimate of drug-likeness (QED) is 0.765. The average Bonchev–Trinajstić information content (AvgIpc) is 2.49. The van der Waals surface area contributed by atoms with Gasteiger partial charge in [0.1, 0.15) is 5.82 Å². The van der Waals surface area contributed by atoms with Gasteiger partial charge >= 0.3 is 0 Å². The Kier molecular flexibility index (Phi) is 3.99. The van der Waals surface area contributed by atoms with Gasteiger partial charge in [0.15, 0.2) is 0 Å². The first kappa shape index (κ1) is 14.2. The molecular weight excluding hydrogens is 331 g/mol. The average molecular weight is 345 g/mol. The minimum atomic E-state index is -0.420. The second-order valence-corrected chi connectivity index (χ2v) is 5.89. The van der Waals surface area contributed by atoms with E-state index < -0.39 is 6.04 Å². The van der Waals surface area contributed by atoms with E-state index >= 15 is 0 Å². The highest BCUT2D eigenvalue weighted by Crippen LogP contribution is 2.23. The normalized spacial score (nSPS) is 12.5. The summed E-state index contributed by atoms with van der Waals surface area (Å²) in [5.41, 5.74) is 8.43. The Bertz CT molecular complexity index is 789. The topological polar surface area (TPSA) is 38.9 Å². The molecule has 1 aromatic heterocycles. The molecule has 0 saturated carbocycles. The molecule has 0 bridgehead atoms. The molecule has 1 heterocycles. The lowest BCUT2D eigenvalue weighted by Crippen LogP contribution is -2.15. The summed E-state index contributed by atoms with van der Waals surface area (Å²) >= 11 is 3.34. The van der Waals surface area contributed by atoms with Crippen LogP contribution in [-0.2, 0) is 6.42 Å². The molecule has 0 amide bonds. The van der Waals surface area contributed by atoms with Gasteiger partial charge in [-0.05, 0) is 30.3 Å². The van der Waals surface area contributed by atoms with Crippen molar-refractivity contribution in [3.05, 3.63) is 76.1 Å². The molecule has 21 heavy (non-hydrogen) atoms. The molecule has 2 N–H and O–H groups in total. The molecule has 3 aromatic rings. The van der Waals surface area contributed by atoms with Gasteiger partial charge in [-0.3, -0.25) is 4.98 Å². The molecular formula is C17H14BrFN2. The largest absolute Gasteiger partial charge is 0.324 e. The van der Waals surface area contributed by atoms with Gasteiger partial charge in [-0.15, -0.1) is 0 Å². The zero-order chi connectivity index (χ0) is 14.8. The second kappa shape index (κ2) is 5.92. The summed E-state index contributed by atoms with van der Waals surface area (Å²) < 4.78 is 14.7. The summed E-state index contributed by atoms with van der Waals surface area (Å²) in [5, 5.41) is 1.09. The zero-order valence-corrected chi connectivity index (χ0v) is 12.8. The van der Waals surface area contributed by atoms with Crippen LogP contribution in [0, 0.1) is 5.82 Å². The Morgan fingerprint density at radius 3 is 2.76 bits per heavy atom. The van der Waals surface area contributed by atoms with Crippen LogP contribution < -0.4 is 5.73 Å². The molecule has 2 aromatic carbocycles. The number of halogens is 2. The fourth-order valence-corrected chi connectivity index (χ4v) is 2.73. The number of fused-ring (bicyclic) bond motifs is 1. The Morgan fingerprint density at radius 1 is 1.10 bits per heavy atom. The molecule has 0 aliphatic rings. The van der Waals surface area contributed by atoms with Crippen LogP contribution in [0.3, 0.4) is 0 Å². The maximum absolute atomic E-state index is 13.9. The summed E-state index contributed by atoms with van der Waals surface area (Å²) in [6, 6.07) is 16.3. The van der Waals surface area contributed by atoms with E-state index in [-0.39, 0.29) is 5.82 Å². The van der Waals surface area contributed by atoms with E-state index in [1.807, 2.05) is 36.4 Å². The molecule has 2 nitrogen and oxygen atoms in total. The van der Waals surface area contributed by atoms with Gasteiger partial charge in [0, 0.05) is 33.6 Å². The Balaban J connectivity index is 1.88. The van der Waals surface area contributed by atoms with Gasteiger partial charge in [0.05, 0.1) is 5.52 Å². The number of rotatable bonds is 3. The van der Waals surface area contributed by atoms with Crippen LogP contribution in [0.25, 0.3) is 10.9 Å². The number of para-hydroxylation sites is 1. The van der Waals surface area contributed by atoms with Crippen molar-refractivity contribution < 1.29 is 4.39 Å². The van der Waals surface area contributed by atoms with Crippen LogP contribution in [-0.4, -0.2) is 4.98 Å². The second-order valence-electron chi connectivity index (χ2n) is 4.97. The van der Waals surface area contributed by atoms with Crippen molar-refractivity contribution >= 4 is 26.8 Å². The van der Waals surface area contributed by atoms with Crippen LogP contribution in [0.5, 0.6) is 0 Å². The minimum Gasteiger partial charge on any atom is -0.324 e. The summed E-state index contributed by atoms with van der Waals surface area (Å²) in [5.74, 6) is -0.286. The smallest absolute Gasteiger partial charge is 0.128 e. The lowest BCUT2D eigenvalue weighted by atomic mass is 10.0. The highest BCUT2D eigenvalue weighted by Gasteiger charge is 2.13. The minimum absolute atomic E-state index is 0.286. The molecule has 0 aliphatic heterocycles. The number of hydrogen-bond acceptors (Lipinski definition) is 2. The number of aromatic nitrogens is 1. The van der Waals surface area contributed by atoms with Crippen molar-refractivity contribution in [1.29, 1.82) is 0 Å². The lowest BCUT2D eigenvalue weighted by molar-refractivity contribution is 0.578. The summed E-state index contributed by atoms with van der Waals surface area (Å²) in [6.07, 6.45) is 0.498. The molecule has 4 heteroatoms. The molecule has 3 rings (SSSR count). The standard InChI is InChI=1S/C17H14BrFN2/c18-12-6-8-15(19)14(9-12)16(20)10-13-7-5-11-3-1-2-4-17(11)21-13/h1-9,16H,10,20H2. The van der Waals surface area contributed by atoms with E-state index in [0.717, 1.165) is 21.1 Å². The van der Waals surface area contributed by atoms with Crippen molar-refractivity contribution in [2.75, 3.05) is 0 Å². The third-order valence-corrected chi connectivity index (χ3v) is 3.94. The summed E-state index contributed by atoms with van der Waals surface area (Å²) in [4.78, 5) is 4.58. The monoisotopic (exact) mass is 344 g/mol. The number of nitrogens with zero attached hydrogens (tertiary/aromatic N) is 1. The van der Waals surface area contributed by atoms with Crippen molar-refractivity contribution in [3.63, 3.8) is 0 Å². The van der Waals surface area contributed by atoms with Gasteiger partial charge in [0.2, 0.25) is 0 Å². The van der Waals surface area contributed by atoms with E-state index in [1.54, 1.807) is 12.1 Å². The summed E-state index contributed by atoms with van der Waals surface area (Å²) in [7, 11) is 0. The Morgan fingerprint density at radius 2 is 1.90 bits per heavy atom. The molecule has 0 fully saturated rings. The van der Waals surface area contributed by atoms with Crippen molar-refractivity contribution in [1.82, 2.24) is 4.98 Å². The first-order valence-electron chi connectivity index (χ1n) is 6.69. The lowest BCUT2D eigenvalue weighted by Gasteiger charge is -2.13. The van der Waals surface area contributed by atoms with Crippen LogP contribution in [0.15, 0.2) is 59.1 Å². The third-order valence-electron chi connectivity index (χ3n) is 3.44. The van der Waals surface area contributed by atoms with Crippen molar-refractivity contribution in [2.45, 2.75) is 12.5 Å². The maximum Gasteiger partial charge on any atom is 0.128 e. The van der Waals surface area contributed by atoms with E-state index in [4.69, 9.17) is 5.73 Å². The van der Waals surface area contributed by atoms with E-state index in [1.165, 1.54) is 6.07 Å². The van der Waals surface area contributed by atoms with Gasteiger partial charge in [-0.2, -0.15) is 0 Å². The predicted octanol–water partition coefficient (Wildman–Crippen LogP) is 4.38. The third kappa shape index (κ3) is 3.12. The molecule has 1 atom stereocenters. The molecule has 0 aliphatic carbocycles. The highest BCUT2D eigenvalue weighted by atomic mass is 79.9.